The fourth-order valence-corrected chi connectivity index (χ4v) is 1.30. The Hall–Kier alpha value is 0.576. The van der Waals surface area contributed by atoms with Gasteiger partial charge in [0.05, 0.1) is 0 Å². The molecule has 0 bridgehead atoms. The Morgan fingerprint density at radius 1 is 1.07 bits per heavy atom. The van der Waals surface area contributed by atoms with Gasteiger partial charge in [-0.05, 0) is 6.42 Å². The summed E-state index contributed by atoms with van der Waals surface area (Å²) in [6, 6.07) is 0. The van der Waals surface area contributed by atoms with E-state index < -0.39 is 17.9 Å². The van der Waals surface area contributed by atoms with Crippen molar-refractivity contribution in [3.8, 4) is 0 Å². The fraction of sp³-hybridized carbons (Fsp3) is 0.800. The Morgan fingerprint density at radius 2 is 1.53 bits per heavy atom. The minimum atomic E-state index is -1.23. The number of hydrogen-bond donors (Lipinski definition) is 2. The zero-order valence-corrected chi connectivity index (χ0v) is 12.7. The van der Waals surface area contributed by atoms with Gasteiger partial charge in [0.15, 0.2) is 5.92 Å². The third kappa shape index (κ3) is 9.50. The van der Waals surface area contributed by atoms with Crippen molar-refractivity contribution >= 4 is 11.9 Å². The van der Waals surface area contributed by atoms with Crippen LogP contribution in [0.3, 0.4) is 0 Å². The SMILES string of the molecule is CCCCCCCC(C(=O)O)C(=O)O.[H-].[K+]. The van der Waals surface area contributed by atoms with E-state index in [1.807, 2.05) is 0 Å². The Bertz CT molecular complexity index is 185. The number of carbonyl (C=O) groups is 2. The summed E-state index contributed by atoms with van der Waals surface area (Å²) >= 11 is 0. The molecule has 0 aromatic rings. The fourth-order valence-electron chi connectivity index (χ4n) is 1.30. The summed E-state index contributed by atoms with van der Waals surface area (Å²) < 4.78 is 0. The molecule has 0 unspecified atom stereocenters. The van der Waals surface area contributed by atoms with Crippen LogP contribution in [0.1, 0.15) is 46.9 Å². The molecule has 0 aliphatic carbocycles. The number of aliphatic carboxylic acids is 2. The monoisotopic (exact) mass is 242 g/mol. The topological polar surface area (TPSA) is 74.6 Å². The summed E-state index contributed by atoms with van der Waals surface area (Å²) in [6.07, 6.45) is 5.16. The Labute approximate surface area is 134 Å². The number of rotatable bonds is 8. The van der Waals surface area contributed by atoms with Gasteiger partial charge < -0.3 is 11.6 Å². The number of carboxylic acid groups (broad SMARTS) is 2. The van der Waals surface area contributed by atoms with Crippen LogP contribution in [0.25, 0.3) is 0 Å². The van der Waals surface area contributed by atoms with E-state index in [0.717, 1.165) is 25.7 Å². The van der Waals surface area contributed by atoms with E-state index >= 15 is 0 Å². The van der Waals surface area contributed by atoms with Crippen LogP contribution in [0.5, 0.6) is 0 Å². The summed E-state index contributed by atoms with van der Waals surface area (Å²) in [4.78, 5) is 21.0. The van der Waals surface area contributed by atoms with Crippen LogP contribution in [0.15, 0.2) is 0 Å². The van der Waals surface area contributed by atoms with Crippen LogP contribution in [-0.4, -0.2) is 22.2 Å². The maximum atomic E-state index is 10.5. The third-order valence-electron chi connectivity index (χ3n) is 2.19. The first-order chi connectivity index (χ1) is 6.59. The van der Waals surface area contributed by atoms with E-state index in [9.17, 15) is 9.59 Å². The predicted molar refractivity (Wildman–Crippen MR) is 53.2 cm³/mol. The molecule has 15 heavy (non-hydrogen) atoms. The molecule has 0 fully saturated rings. The van der Waals surface area contributed by atoms with Crippen molar-refractivity contribution < 1.29 is 72.6 Å². The van der Waals surface area contributed by atoms with Gasteiger partial charge in [-0.3, -0.25) is 9.59 Å². The smallest absolute Gasteiger partial charge is 1.00 e. The third-order valence-corrected chi connectivity index (χ3v) is 2.19. The first-order valence-electron chi connectivity index (χ1n) is 5.05. The zero-order valence-electron chi connectivity index (χ0n) is 10.5. The van der Waals surface area contributed by atoms with Gasteiger partial charge in [0, 0.05) is 0 Å². The molecule has 0 rings (SSSR count). The van der Waals surface area contributed by atoms with Crippen molar-refractivity contribution in [1.82, 2.24) is 0 Å². The van der Waals surface area contributed by atoms with Crippen molar-refractivity contribution in [3.05, 3.63) is 0 Å². The van der Waals surface area contributed by atoms with E-state index in [0.29, 0.717) is 6.42 Å². The summed E-state index contributed by atoms with van der Waals surface area (Å²) in [5.41, 5.74) is 0. The molecule has 0 atom stereocenters. The average Bonchev–Trinajstić information content (AvgIpc) is 2.09. The summed E-state index contributed by atoms with van der Waals surface area (Å²) in [5, 5.41) is 17.1. The Kier molecular flexibility index (Phi) is 13.3. The van der Waals surface area contributed by atoms with Crippen LogP contribution in [0, 0.1) is 5.92 Å². The molecule has 2 N–H and O–H groups in total. The van der Waals surface area contributed by atoms with Gasteiger partial charge in [0.25, 0.3) is 0 Å². The molecular weight excluding hydrogens is 223 g/mol. The van der Waals surface area contributed by atoms with Crippen molar-refractivity contribution in [3.63, 3.8) is 0 Å². The van der Waals surface area contributed by atoms with Gasteiger partial charge in [-0.2, -0.15) is 0 Å². The first kappa shape index (κ1) is 18.0. The second-order valence-electron chi connectivity index (χ2n) is 3.43. The zero-order chi connectivity index (χ0) is 11.0. The van der Waals surface area contributed by atoms with Gasteiger partial charge in [0.1, 0.15) is 0 Å². The Morgan fingerprint density at radius 3 is 1.93 bits per heavy atom. The molecule has 0 saturated carbocycles. The molecule has 0 aromatic carbocycles. The van der Waals surface area contributed by atoms with Crippen molar-refractivity contribution in [2.24, 2.45) is 5.92 Å². The molecule has 0 radical (unpaired) electrons. The first-order valence-corrected chi connectivity index (χ1v) is 5.05. The molecule has 0 aliphatic heterocycles. The molecule has 5 heteroatoms. The molecule has 0 heterocycles. The van der Waals surface area contributed by atoms with Crippen LogP contribution < -0.4 is 51.4 Å². The molecule has 0 amide bonds. The predicted octanol–water partition coefficient (Wildman–Crippen LogP) is -0.751. The van der Waals surface area contributed by atoms with E-state index in [1.165, 1.54) is 0 Å². The number of unbranched alkanes of at least 4 members (excludes halogenated alkanes) is 4. The maximum Gasteiger partial charge on any atom is 1.00 e. The van der Waals surface area contributed by atoms with Crippen LogP contribution in [0.4, 0.5) is 0 Å². The van der Waals surface area contributed by atoms with Gasteiger partial charge in [0.2, 0.25) is 0 Å². The van der Waals surface area contributed by atoms with Crippen molar-refractivity contribution in [2.75, 3.05) is 0 Å². The minimum Gasteiger partial charge on any atom is -1.00 e. The van der Waals surface area contributed by atoms with Crippen LogP contribution in [-0.2, 0) is 9.59 Å². The largest absolute Gasteiger partial charge is 1.00 e. The van der Waals surface area contributed by atoms with Gasteiger partial charge in [-0.1, -0.05) is 39.0 Å². The van der Waals surface area contributed by atoms with Crippen LogP contribution in [0.2, 0.25) is 0 Å². The second-order valence-corrected chi connectivity index (χ2v) is 3.43. The quantitative estimate of drug-likeness (QED) is 0.334. The number of hydrogen-bond acceptors (Lipinski definition) is 2. The molecule has 84 valence electrons. The number of carboxylic acids is 2. The standard InChI is InChI=1S/C10H18O4.K.H/c1-2-3-4-5-6-7-8(9(11)12)10(13)14;;/h8H,2-7H2,1H3,(H,11,12)(H,13,14);;/q;+1;-1. The summed E-state index contributed by atoms with van der Waals surface area (Å²) in [5.74, 6) is -3.68. The van der Waals surface area contributed by atoms with Gasteiger partial charge >= 0.3 is 63.3 Å². The van der Waals surface area contributed by atoms with E-state index in [1.54, 1.807) is 0 Å². The van der Waals surface area contributed by atoms with Crippen molar-refractivity contribution in [2.45, 2.75) is 45.4 Å². The molecule has 4 nitrogen and oxygen atoms in total. The molecule has 0 spiro atoms. The van der Waals surface area contributed by atoms with E-state index in [4.69, 9.17) is 10.2 Å². The molecule has 0 aliphatic rings. The van der Waals surface area contributed by atoms with Gasteiger partial charge in [-0.15, -0.1) is 0 Å². The van der Waals surface area contributed by atoms with Gasteiger partial charge in [-0.25, -0.2) is 0 Å². The van der Waals surface area contributed by atoms with E-state index in [-0.39, 0.29) is 59.2 Å². The maximum absolute atomic E-state index is 10.5. The van der Waals surface area contributed by atoms with E-state index in [2.05, 4.69) is 6.92 Å². The second kappa shape index (κ2) is 11.1. The minimum absolute atomic E-state index is 0. The summed E-state index contributed by atoms with van der Waals surface area (Å²) in [6.45, 7) is 2.09. The average molecular weight is 242 g/mol. The van der Waals surface area contributed by atoms with Crippen molar-refractivity contribution in [1.29, 1.82) is 0 Å². The molecule has 0 aromatic heterocycles. The Balaban J connectivity index is -0.000000845. The molecular formula is C10H19KO4. The molecule has 0 saturated heterocycles. The normalized spacial score (nSPS) is 9.73. The van der Waals surface area contributed by atoms with Crippen LogP contribution >= 0.6 is 0 Å². The summed E-state index contributed by atoms with van der Waals surface area (Å²) in [7, 11) is 0.